The van der Waals surface area contributed by atoms with Gasteiger partial charge in [-0.3, -0.25) is 4.79 Å². The maximum atomic E-state index is 13.2. The van der Waals surface area contributed by atoms with Crippen molar-refractivity contribution in [2.45, 2.75) is 38.8 Å². The van der Waals surface area contributed by atoms with Crippen molar-refractivity contribution < 1.29 is 18.0 Å². The molecule has 1 amide bonds. The molecule has 30 heavy (non-hydrogen) atoms. The van der Waals surface area contributed by atoms with Gasteiger partial charge in [0.1, 0.15) is 0 Å². The first-order valence-electron chi connectivity index (χ1n) is 9.70. The first-order chi connectivity index (χ1) is 14.2. The molecule has 1 aliphatic rings. The summed E-state index contributed by atoms with van der Waals surface area (Å²) < 4.78 is 39.6. The molecule has 1 saturated heterocycles. The van der Waals surface area contributed by atoms with E-state index in [1.807, 2.05) is 19.9 Å². The monoisotopic (exact) mass is 417 g/mol. The minimum Gasteiger partial charge on any atom is -0.371 e. The molecule has 0 unspecified atom stereocenters. The summed E-state index contributed by atoms with van der Waals surface area (Å²) >= 11 is 0. The number of carbonyl (C=O) groups excluding carboxylic acids is 1. The summed E-state index contributed by atoms with van der Waals surface area (Å²) in [5.74, 6) is 0.200. The highest BCUT2D eigenvalue weighted by atomic mass is 19.4. The summed E-state index contributed by atoms with van der Waals surface area (Å²) in [4.78, 5) is 14.3. The highest BCUT2D eigenvalue weighted by Gasteiger charge is 2.34. The molecule has 2 heterocycles. The molecule has 0 aliphatic carbocycles. The Morgan fingerprint density at radius 1 is 1.20 bits per heavy atom. The van der Waals surface area contributed by atoms with Crippen molar-refractivity contribution in [2.75, 3.05) is 23.3 Å². The van der Waals surface area contributed by atoms with Crippen LogP contribution in [0.4, 0.5) is 24.7 Å². The van der Waals surface area contributed by atoms with Gasteiger partial charge in [-0.05, 0) is 49.1 Å². The van der Waals surface area contributed by atoms with Crippen molar-refractivity contribution in [2.24, 2.45) is 5.92 Å². The van der Waals surface area contributed by atoms with Crippen LogP contribution in [0, 0.1) is 17.2 Å². The first kappa shape index (κ1) is 21.6. The zero-order valence-corrected chi connectivity index (χ0v) is 16.7. The van der Waals surface area contributed by atoms with Crippen LogP contribution >= 0.6 is 0 Å². The summed E-state index contributed by atoms with van der Waals surface area (Å²) in [5, 5.41) is 19.8. The van der Waals surface area contributed by atoms with Crippen molar-refractivity contribution in [1.29, 1.82) is 5.26 Å². The van der Waals surface area contributed by atoms with Gasteiger partial charge in [0, 0.05) is 24.7 Å². The van der Waals surface area contributed by atoms with E-state index in [1.165, 1.54) is 12.1 Å². The lowest BCUT2D eigenvalue weighted by molar-refractivity contribution is -0.137. The second-order valence-corrected chi connectivity index (χ2v) is 7.59. The van der Waals surface area contributed by atoms with Gasteiger partial charge in [-0.1, -0.05) is 13.8 Å². The topological polar surface area (TPSA) is 81.9 Å². The fourth-order valence-corrected chi connectivity index (χ4v) is 3.41. The lowest BCUT2D eigenvalue weighted by Gasteiger charge is -2.33. The third-order valence-corrected chi connectivity index (χ3v) is 5.19. The van der Waals surface area contributed by atoms with E-state index in [-0.39, 0.29) is 17.7 Å². The van der Waals surface area contributed by atoms with Gasteiger partial charge in [-0.15, -0.1) is 5.10 Å². The van der Waals surface area contributed by atoms with E-state index in [0.717, 1.165) is 11.8 Å². The lowest BCUT2D eigenvalue weighted by Crippen LogP contribution is -2.38. The van der Waals surface area contributed by atoms with Crippen molar-refractivity contribution in [3.05, 3.63) is 47.2 Å². The van der Waals surface area contributed by atoms with Gasteiger partial charge >= 0.3 is 6.18 Å². The van der Waals surface area contributed by atoms with Gasteiger partial charge in [0.05, 0.1) is 22.9 Å². The number of hydrogen-bond donors (Lipinski definition) is 1. The highest BCUT2D eigenvalue weighted by Crippen LogP contribution is 2.35. The summed E-state index contributed by atoms with van der Waals surface area (Å²) in [6, 6.07) is 8.83. The third kappa shape index (κ3) is 4.87. The van der Waals surface area contributed by atoms with Crippen molar-refractivity contribution in [3.63, 3.8) is 0 Å². The average Bonchev–Trinajstić information content (AvgIpc) is 2.73. The average molecular weight is 417 g/mol. The molecule has 1 aliphatic heterocycles. The van der Waals surface area contributed by atoms with Gasteiger partial charge in [-0.2, -0.15) is 23.5 Å². The number of hydrogen-bond acceptors (Lipinski definition) is 5. The van der Waals surface area contributed by atoms with Gasteiger partial charge in [0.2, 0.25) is 5.91 Å². The zero-order valence-electron chi connectivity index (χ0n) is 16.7. The Balaban J connectivity index is 1.62. The van der Waals surface area contributed by atoms with E-state index in [0.29, 0.717) is 37.4 Å². The molecule has 6 nitrogen and oxygen atoms in total. The summed E-state index contributed by atoms with van der Waals surface area (Å²) in [6.45, 7) is 4.89. The molecule has 158 valence electrons. The molecule has 1 aromatic heterocycles. The fraction of sp³-hybridized carbons (Fsp3) is 0.429. The predicted octanol–water partition coefficient (Wildman–Crippen LogP) is 4.35. The maximum absolute atomic E-state index is 13.2. The number of carbonyl (C=O) groups is 1. The molecule has 0 radical (unpaired) electrons. The first-order valence-corrected chi connectivity index (χ1v) is 9.70. The Morgan fingerprint density at radius 3 is 2.43 bits per heavy atom. The fourth-order valence-electron chi connectivity index (χ4n) is 3.41. The minimum absolute atomic E-state index is 0.169. The molecular formula is C21H22F3N5O. The Kier molecular flexibility index (Phi) is 6.25. The van der Waals surface area contributed by atoms with Crippen molar-refractivity contribution in [3.8, 4) is 6.07 Å². The number of aromatic nitrogens is 2. The van der Waals surface area contributed by atoms with Crippen LogP contribution in [0.5, 0.6) is 0 Å². The summed E-state index contributed by atoms with van der Waals surface area (Å²) in [7, 11) is 0. The van der Waals surface area contributed by atoms with E-state index >= 15 is 0 Å². The van der Waals surface area contributed by atoms with Crippen molar-refractivity contribution >= 4 is 17.4 Å². The third-order valence-electron chi connectivity index (χ3n) is 5.19. The number of benzene rings is 1. The molecule has 1 N–H and O–H groups in total. The second kappa shape index (κ2) is 8.69. The lowest BCUT2D eigenvalue weighted by atomic mass is 9.95. The smallest absolute Gasteiger partial charge is 0.371 e. The van der Waals surface area contributed by atoms with Crippen LogP contribution in [0.25, 0.3) is 0 Å². The van der Waals surface area contributed by atoms with Crippen LogP contribution in [-0.2, 0) is 11.0 Å². The van der Waals surface area contributed by atoms with E-state index in [9.17, 15) is 18.0 Å². The number of alkyl halides is 3. The van der Waals surface area contributed by atoms with Crippen LogP contribution in [0.3, 0.4) is 0 Å². The number of nitriles is 1. The van der Waals surface area contributed by atoms with E-state index in [1.54, 1.807) is 17.0 Å². The molecule has 9 heteroatoms. The van der Waals surface area contributed by atoms with E-state index in [2.05, 4.69) is 15.5 Å². The van der Waals surface area contributed by atoms with Gasteiger partial charge in [0.25, 0.3) is 0 Å². The molecule has 0 bridgehead atoms. The van der Waals surface area contributed by atoms with Gasteiger partial charge < -0.3 is 10.2 Å². The number of piperidine rings is 1. The molecule has 3 rings (SSSR count). The normalized spacial score (nSPS) is 15.2. The highest BCUT2D eigenvalue weighted by molar-refractivity contribution is 5.91. The summed E-state index contributed by atoms with van der Waals surface area (Å²) in [5.41, 5.74) is -0.104. The Morgan fingerprint density at radius 2 is 1.90 bits per heavy atom. The number of rotatable bonds is 4. The predicted molar refractivity (Wildman–Crippen MR) is 106 cm³/mol. The number of anilines is 2. The van der Waals surface area contributed by atoms with Gasteiger partial charge in [-0.25, -0.2) is 0 Å². The molecule has 1 fully saturated rings. The Labute approximate surface area is 172 Å². The van der Waals surface area contributed by atoms with Crippen LogP contribution in [0.2, 0.25) is 0 Å². The number of nitrogens with zero attached hydrogens (tertiary/aromatic N) is 4. The SMILES string of the molecule is CC(C)c1ccc(NC(=O)C2CCN(c3ccc(C#N)c(C(F)(F)F)c3)CC2)nn1. The minimum atomic E-state index is -4.59. The number of halogens is 3. The van der Waals surface area contributed by atoms with Crippen LogP contribution < -0.4 is 10.2 Å². The molecule has 0 spiro atoms. The standard InChI is InChI=1S/C21H22F3N5O/c1-13(2)18-5-6-19(28-27-18)26-20(30)14-7-9-29(10-8-14)16-4-3-15(12-25)17(11-16)21(22,23)24/h3-6,11,13-14H,7-10H2,1-2H3,(H,26,28,30). The van der Waals surface area contributed by atoms with Crippen LogP contribution in [-0.4, -0.2) is 29.2 Å². The van der Waals surface area contributed by atoms with Crippen LogP contribution in [0.15, 0.2) is 30.3 Å². The molecule has 0 saturated carbocycles. The molecule has 2 aromatic rings. The molecule has 0 atom stereocenters. The Bertz CT molecular complexity index is 943. The quantitative estimate of drug-likeness (QED) is 0.800. The molecular weight excluding hydrogens is 395 g/mol. The van der Waals surface area contributed by atoms with Crippen molar-refractivity contribution in [1.82, 2.24) is 10.2 Å². The summed E-state index contributed by atoms with van der Waals surface area (Å²) in [6.07, 6.45) is -3.58. The zero-order chi connectivity index (χ0) is 21.9. The van der Waals surface area contributed by atoms with Crippen LogP contribution in [0.1, 0.15) is 49.4 Å². The largest absolute Gasteiger partial charge is 0.417 e. The van der Waals surface area contributed by atoms with E-state index < -0.39 is 17.3 Å². The van der Waals surface area contributed by atoms with Gasteiger partial charge in [0.15, 0.2) is 5.82 Å². The number of amides is 1. The number of nitrogens with one attached hydrogen (secondary N) is 1. The molecule has 1 aromatic carbocycles. The second-order valence-electron chi connectivity index (χ2n) is 7.59. The van der Waals surface area contributed by atoms with E-state index in [4.69, 9.17) is 5.26 Å². The maximum Gasteiger partial charge on any atom is 0.417 e. The Hall–Kier alpha value is -3.15.